The molecule has 0 radical (unpaired) electrons. The summed E-state index contributed by atoms with van der Waals surface area (Å²) in [5.74, 6) is -0.0165. The molecule has 132 valence electrons. The van der Waals surface area contributed by atoms with Gasteiger partial charge in [0, 0.05) is 25.3 Å². The van der Waals surface area contributed by atoms with Gasteiger partial charge < -0.3 is 15.5 Å². The van der Waals surface area contributed by atoms with E-state index in [1.165, 1.54) is 6.42 Å². The number of likely N-dealkylation sites (tertiary alicyclic amines) is 1. The zero-order chi connectivity index (χ0) is 16.2. The molecule has 1 aromatic carbocycles. The molecule has 3 rings (SSSR count). The number of piperidine rings is 1. The molecule has 2 amide bonds. The van der Waals surface area contributed by atoms with Crippen LogP contribution in [0.25, 0.3) is 0 Å². The number of carbonyl (C=O) groups excluding carboxylic acids is 2. The maximum atomic E-state index is 12.5. The van der Waals surface area contributed by atoms with E-state index >= 15 is 0 Å². The summed E-state index contributed by atoms with van der Waals surface area (Å²) < 4.78 is 0. The van der Waals surface area contributed by atoms with Gasteiger partial charge in [-0.3, -0.25) is 9.59 Å². The van der Waals surface area contributed by atoms with Crippen LogP contribution in [0.15, 0.2) is 18.2 Å². The van der Waals surface area contributed by atoms with Crippen LogP contribution in [-0.2, 0) is 4.79 Å². The van der Waals surface area contributed by atoms with Crippen LogP contribution in [0.4, 0.5) is 5.69 Å². The zero-order valence-electron chi connectivity index (χ0n) is 13.5. The van der Waals surface area contributed by atoms with Gasteiger partial charge in [0.2, 0.25) is 5.91 Å². The topological polar surface area (TPSA) is 61.4 Å². The van der Waals surface area contributed by atoms with Crippen molar-refractivity contribution in [1.29, 1.82) is 0 Å². The standard InChI is InChI=1S/C17H22ClN3O2.ClH/c18-15-10-13(20-16(22)12-6-7-19-11-12)4-5-14(15)17(23)21-8-2-1-3-9-21;/h4-5,10,12,19H,1-3,6-9,11H2,(H,20,22);1H. The maximum absolute atomic E-state index is 12.5. The van der Waals surface area contributed by atoms with Gasteiger partial charge in [0.25, 0.3) is 5.91 Å². The lowest BCUT2D eigenvalue weighted by Gasteiger charge is -2.27. The van der Waals surface area contributed by atoms with Crippen molar-refractivity contribution in [2.75, 3.05) is 31.5 Å². The van der Waals surface area contributed by atoms with Gasteiger partial charge in [-0.25, -0.2) is 0 Å². The van der Waals surface area contributed by atoms with Gasteiger partial charge in [-0.05, 0) is 50.4 Å². The third-order valence-corrected chi connectivity index (χ3v) is 4.85. The van der Waals surface area contributed by atoms with Gasteiger partial charge in [0.05, 0.1) is 16.5 Å². The lowest BCUT2D eigenvalue weighted by molar-refractivity contribution is -0.119. The van der Waals surface area contributed by atoms with E-state index < -0.39 is 0 Å². The van der Waals surface area contributed by atoms with Crippen LogP contribution in [-0.4, -0.2) is 42.9 Å². The molecule has 1 unspecified atom stereocenters. The van der Waals surface area contributed by atoms with Gasteiger partial charge in [-0.1, -0.05) is 11.6 Å². The predicted octanol–water partition coefficient (Wildman–Crippen LogP) is 2.94. The number of carbonyl (C=O) groups is 2. The smallest absolute Gasteiger partial charge is 0.255 e. The molecular formula is C17H23Cl2N3O2. The molecule has 1 atom stereocenters. The van der Waals surface area contributed by atoms with E-state index in [0.29, 0.717) is 22.8 Å². The Balaban J connectivity index is 0.00000208. The van der Waals surface area contributed by atoms with Crippen molar-refractivity contribution in [2.45, 2.75) is 25.7 Å². The number of benzene rings is 1. The summed E-state index contributed by atoms with van der Waals surface area (Å²) in [6.45, 7) is 3.18. The van der Waals surface area contributed by atoms with Gasteiger partial charge in [0.15, 0.2) is 0 Å². The quantitative estimate of drug-likeness (QED) is 0.858. The number of hydrogen-bond acceptors (Lipinski definition) is 3. The van der Waals surface area contributed by atoms with Crippen molar-refractivity contribution in [3.63, 3.8) is 0 Å². The molecule has 0 spiro atoms. The van der Waals surface area contributed by atoms with E-state index in [1.54, 1.807) is 18.2 Å². The molecule has 1 aromatic rings. The lowest BCUT2D eigenvalue weighted by Crippen LogP contribution is -2.35. The fourth-order valence-electron chi connectivity index (χ4n) is 3.16. The average Bonchev–Trinajstić information content (AvgIpc) is 3.10. The number of rotatable bonds is 3. The Morgan fingerprint density at radius 1 is 1.21 bits per heavy atom. The highest BCUT2D eigenvalue weighted by Gasteiger charge is 2.23. The summed E-state index contributed by atoms with van der Waals surface area (Å²) in [6, 6.07) is 5.13. The first-order chi connectivity index (χ1) is 11.1. The number of anilines is 1. The summed E-state index contributed by atoms with van der Waals surface area (Å²) in [7, 11) is 0. The molecule has 5 nitrogen and oxygen atoms in total. The predicted molar refractivity (Wildman–Crippen MR) is 98.1 cm³/mol. The lowest BCUT2D eigenvalue weighted by atomic mass is 10.1. The first kappa shape index (κ1) is 19.0. The molecule has 0 aromatic heterocycles. The minimum atomic E-state index is -0.0208. The van der Waals surface area contributed by atoms with Gasteiger partial charge in [-0.15, -0.1) is 12.4 Å². The molecule has 0 bridgehead atoms. The first-order valence-corrected chi connectivity index (χ1v) is 8.63. The zero-order valence-corrected chi connectivity index (χ0v) is 15.1. The van der Waals surface area contributed by atoms with Crippen LogP contribution in [0, 0.1) is 5.92 Å². The van der Waals surface area contributed by atoms with E-state index in [1.807, 2.05) is 4.90 Å². The number of nitrogens with one attached hydrogen (secondary N) is 2. The van der Waals surface area contributed by atoms with Crippen molar-refractivity contribution in [2.24, 2.45) is 5.92 Å². The Morgan fingerprint density at radius 2 is 1.96 bits per heavy atom. The van der Waals surface area contributed by atoms with Crippen molar-refractivity contribution in [1.82, 2.24) is 10.2 Å². The number of halogens is 2. The molecule has 2 heterocycles. The Hall–Kier alpha value is -1.30. The van der Waals surface area contributed by atoms with Crippen LogP contribution < -0.4 is 10.6 Å². The fraction of sp³-hybridized carbons (Fsp3) is 0.529. The minimum Gasteiger partial charge on any atom is -0.339 e. The largest absolute Gasteiger partial charge is 0.339 e. The summed E-state index contributed by atoms with van der Waals surface area (Å²) in [6.07, 6.45) is 4.13. The molecule has 2 N–H and O–H groups in total. The van der Waals surface area contributed by atoms with Gasteiger partial charge in [-0.2, -0.15) is 0 Å². The summed E-state index contributed by atoms with van der Waals surface area (Å²) >= 11 is 6.28. The number of amides is 2. The van der Waals surface area contributed by atoms with Crippen LogP contribution in [0.2, 0.25) is 5.02 Å². The highest BCUT2D eigenvalue weighted by Crippen LogP contribution is 2.24. The summed E-state index contributed by atoms with van der Waals surface area (Å²) in [5, 5.41) is 6.45. The minimum absolute atomic E-state index is 0. The number of nitrogens with zero attached hydrogens (tertiary/aromatic N) is 1. The van der Waals surface area contributed by atoms with E-state index in [-0.39, 0.29) is 30.1 Å². The first-order valence-electron chi connectivity index (χ1n) is 8.25. The van der Waals surface area contributed by atoms with Crippen molar-refractivity contribution >= 4 is 41.5 Å². The number of hydrogen-bond donors (Lipinski definition) is 2. The Bertz CT molecular complexity index is 597. The molecule has 2 saturated heterocycles. The average molecular weight is 372 g/mol. The summed E-state index contributed by atoms with van der Waals surface area (Å²) in [5.41, 5.74) is 1.15. The third-order valence-electron chi connectivity index (χ3n) is 4.54. The SMILES string of the molecule is Cl.O=C(Nc1ccc(C(=O)N2CCCCC2)c(Cl)c1)C1CCNC1. The molecule has 0 aliphatic carbocycles. The Morgan fingerprint density at radius 3 is 2.58 bits per heavy atom. The Labute approximate surface area is 153 Å². The third kappa shape index (κ3) is 4.41. The van der Waals surface area contributed by atoms with Crippen molar-refractivity contribution in [3.05, 3.63) is 28.8 Å². The van der Waals surface area contributed by atoms with Gasteiger partial charge in [0.1, 0.15) is 0 Å². The van der Waals surface area contributed by atoms with Crippen LogP contribution in [0.3, 0.4) is 0 Å². The highest BCUT2D eigenvalue weighted by atomic mass is 35.5. The molecule has 24 heavy (non-hydrogen) atoms. The molecule has 7 heteroatoms. The molecule has 2 aliphatic rings. The normalized spacial score (nSPS) is 20.4. The van der Waals surface area contributed by atoms with Crippen molar-refractivity contribution < 1.29 is 9.59 Å². The van der Waals surface area contributed by atoms with Crippen LogP contribution >= 0.6 is 24.0 Å². The molecule has 0 saturated carbocycles. The molecular weight excluding hydrogens is 349 g/mol. The molecule has 2 aliphatic heterocycles. The van der Waals surface area contributed by atoms with E-state index in [4.69, 9.17) is 11.6 Å². The van der Waals surface area contributed by atoms with Gasteiger partial charge >= 0.3 is 0 Å². The second-order valence-electron chi connectivity index (χ2n) is 6.23. The van der Waals surface area contributed by atoms with E-state index in [0.717, 1.165) is 38.9 Å². The molecule has 2 fully saturated rings. The van der Waals surface area contributed by atoms with E-state index in [2.05, 4.69) is 10.6 Å². The monoisotopic (exact) mass is 371 g/mol. The van der Waals surface area contributed by atoms with Crippen molar-refractivity contribution in [3.8, 4) is 0 Å². The van der Waals surface area contributed by atoms with E-state index in [9.17, 15) is 9.59 Å². The second-order valence-corrected chi connectivity index (χ2v) is 6.63. The second kappa shape index (κ2) is 8.70. The van der Waals surface area contributed by atoms with Crippen LogP contribution in [0.1, 0.15) is 36.0 Å². The summed E-state index contributed by atoms with van der Waals surface area (Å²) in [4.78, 5) is 26.5. The maximum Gasteiger partial charge on any atom is 0.255 e. The highest BCUT2D eigenvalue weighted by molar-refractivity contribution is 6.34. The Kier molecular flexibility index (Phi) is 6.90. The van der Waals surface area contributed by atoms with Crippen LogP contribution in [0.5, 0.6) is 0 Å². The fourth-order valence-corrected chi connectivity index (χ4v) is 3.42.